The molecule has 2 N–H and O–H groups in total. The van der Waals surface area contributed by atoms with E-state index in [0.29, 0.717) is 6.07 Å². The van der Waals surface area contributed by atoms with E-state index in [2.05, 4.69) is 10.0 Å². The van der Waals surface area contributed by atoms with Crippen LogP contribution >= 0.6 is 0 Å². The highest BCUT2D eigenvalue weighted by molar-refractivity contribution is 7.92. The maximum atomic E-state index is 12.7. The van der Waals surface area contributed by atoms with Crippen molar-refractivity contribution in [1.82, 2.24) is 5.32 Å². The first kappa shape index (κ1) is 20.6. The van der Waals surface area contributed by atoms with Crippen LogP contribution in [0.15, 0.2) is 53.4 Å². The number of hydrogen-bond donors (Lipinski definition) is 2. The summed E-state index contributed by atoms with van der Waals surface area (Å²) in [6.45, 7) is 1.53. The summed E-state index contributed by atoms with van der Waals surface area (Å²) >= 11 is 0. The summed E-state index contributed by atoms with van der Waals surface area (Å²) in [5.41, 5.74) is -1.17. The molecule has 6 nitrogen and oxygen atoms in total. The molecule has 0 radical (unpaired) electrons. The predicted octanol–water partition coefficient (Wildman–Crippen LogP) is 3.02. The van der Waals surface area contributed by atoms with Crippen molar-refractivity contribution in [3.63, 3.8) is 0 Å². The molecule has 0 spiro atoms. The molecule has 0 saturated carbocycles. The molecule has 1 amide bonds. The molecule has 0 saturated heterocycles. The molecule has 0 aliphatic carbocycles. The zero-order chi connectivity index (χ0) is 20.2. The normalized spacial score (nSPS) is 12.9. The van der Waals surface area contributed by atoms with Gasteiger partial charge in [0.05, 0.1) is 10.5 Å². The first-order valence-electron chi connectivity index (χ1n) is 7.71. The second-order valence-corrected chi connectivity index (χ2v) is 7.21. The van der Waals surface area contributed by atoms with Gasteiger partial charge in [-0.3, -0.25) is 9.52 Å². The van der Waals surface area contributed by atoms with Crippen LogP contribution in [-0.4, -0.2) is 27.5 Å². The minimum atomic E-state index is -4.58. The van der Waals surface area contributed by atoms with Gasteiger partial charge in [0.2, 0.25) is 0 Å². The molecule has 2 aromatic carbocycles. The lowest BCUT2D eigenvalue weighted by molar-refractivity contribution is -0.137. The first-order chi connectivity index (χ1) is 12.5. The van der Waals surface area contributed by atoms with Gasteiger partial charge in [0.1, 0.15) is 5.75 Å². The third-order valence-corrected chi connectivity index (χ3v) is 4.90. The standard InChI is InChI=1S/C17H17F3N2O4S/c1-11(16(23)21-2)26-14-6-8-15(9-7-14)27(24,25)22-13-5-3-4-12(10-13)17(18,19)20/h3-11,22H,1-2H3,(H,21,23)/t11-/m1/s1. The van der Waals surface area contributed by atoms with Gasteiger partial charge in [-0.05, 0) is 49.4 Å². The molecule has 2 rings (SSSR count). The minimum Gasteiger partial charge on any atom is -0.481 e. The Morgan fingerprint density at radius 2 is 1.74 bits per heavy atom. The van der Waals surface area contributed by atoms with Gasteiger partial charge in [0, 0.05) is 12.7 Å². The van der Waals surface area contributed by atoms with Crippen LogP contribution in [-0.2, 0) is 21.0 Å². The number of alkyl halides is 3. The number of nitrogens with one attached hydrogen (secondary N) is 2. The number of carbonyl (C=O) groups excluding carboxylic acids is 1. The van der Waals surface area contributed by atoms with Gasteiger partial charge in [-0.25, -0.2) is 8.42 Å². The summed E-state index contributed by atoms with van der Waals surface area (Å²) in [6, 6.07) is 9.02. The number of ether oxygens (including phenoxy) is 1. The molecule has 0 unspecified atom stereocenters. The zero-order valence-electron chi connectivity index (χ0n) is 14.4. The second-order valence-electron chi connectivity index (χ2n) is 5.53. The van der Waals surface area contributed by atoms with Gasteiger partial charge in [-0.15, -0.1) is 0 Å². The molecule has 0 heterocycles. The average molecular weight is 402 g/mol. The van der Waals surface area contributed by atoms with Gasteiger partial charge in [-0.1, -0.05) is 6.07 Å². The lowest BCUT2D eigenvalue weighted by atomic mass is 10.2. The second kappa shape index (κ2) is 7.87. The summed E-state index contributed by atoms with van der Waals surface area (Å²) in [6.07, 6.45) is -5.36. The van der Waals surface area contributed by atoms with Crippen molar-refractivity contribution in [3.05, 3.63) is 54.1 Å². The largest absolute Gasteiger partial charge is 0.481 e. The Bertz CT molecular complexity index is 913. The predicted molar refractivity (Wildman–Crippen MR) is 92.9 cm³/mol. The lowest BCUT2D eigenvalue weighted by Gasteiger charge is -2.14. The van der Waals surface area contributed by atoms with Crippen LogP contribution in [0.25, 0.3) is 0 Å². The highest BCUT2D eigenvalue weighted by Gasteiger charge is 2.30. The van der Waals surface area contributed by atoms with Crippen molar-refractivity contribution < 1.29 is 31.1 Å². The number of likely N-dealkylation sites (N-methyl/N-ethyl adjacent to an activating group) is 1. The van der Waals surface area contributed by atoms with Gasteiger partial charge >= 0.3 is 6.18 Å². The summed E-state index contributed by atoms with van der Waals surface area (Å²) in [4.78, 5) is 11.3. The maximum absolute atomic E-state index is 12.7. The van der Waals surface area contributed by atoms with Crippen molar-refractivity contribution >= 4 is 21.6 Å². The molecule has 0 fully saturated rings. The zero-order valence-corrected chi connectivity index (χ0v) is 15.2. The Morgan fingerprint density at radius 3 is 2.30 bits per heavy atom. The van der Waals surface area contributed by atoms with Gasteiger partial charge < -0.3 is 10.1 Å². The van der Waals surface area contributed by atoms with Crippen LogP contribution in [0.2, 0.25) is 0 Å². The van der Waals surface area contributed by atoms with E-state index in [0.717, 1.165) is 12.1 Å². The van der Waals surface area contributed by atoms with E-state index < -0.39 is 27.9 Å². The van der Waals surface area contributed by atoms with E-state index in [1.165, 1.54) is 44.3 Å². The molecule has 2 aromatic rings. The van der Waals surface area contributed by atoms with Crippen LogP contribution in [0, 0.1) is 0 Å². The number of anilines is 1. The SMILES string of the molecule is CNC(=O)[C@@H](C)Oc1ccc(S(=O)(=O)Nc2cccc(C(F)(F)F)c2)cc1. The Labute approximate surface area is 154 Å². The number of halogens is 3. The van der Waals surface area contributed by atoms with E-state index in [9.17, 15) is 26.4 Å². The van der Waals surface area contributed by atoms with E-state index >= 15 is 0 Å². The smallest absolute Gasteiger partial charge is 0.416 e. The average Bonchev–Trinajstić information content (AvgIpc) is 2.60. The summed E-state index contributed by atoms with van der Waals surface area (Å²) in [5.74, 6) is -0.0815. The number of amides is 1. The monoisotopic (exact) mass is 402 g/mol. The highest BCUT2D eigenvalue weighted by atomic mass is 32.2. The molecule has 10 heteroatoms. The van der Waals surface area contributed by atoms with E-state index in [-0.39, 0.29) is 22.2 Å². The van der Waals surface area contributed by atoms with Crippen molar-refractivity contribution in [1.29, 1.82) is 0 Å². The van der Waals surface area contributed by atoms with Crippen LogP contribution in [0.3, 0.4) is 0 Å². The van der Waals surface area contributed by atoms with E-state index in [4.69, 9.17) is 4.74 Å². The molecule has 0 bridgehead atoms. The van der Waals surface area contributed by atoms with Gasteiger partial charge in [0.25, 0.3) is 15.9 Å². The topological polar surface area (TPSA) is 84.5 Å². The molecule has 146 valence electrons. The van der Waals surface area contributed by atoms with Crippen molar-refractivity contribution in [2.45, 2.75) is 24.1 Å². The summed E-state index contributed by atoms with van der Waals surface area (Å²) in [7, 11) is -2.64. The van der Waals surface area contributed by atoms with Crippen LogP contribution in [0.5, 0.6) is 5.75 Å². The van der Waals surface area contributed by atoms with Crippen molar-refractivity contribution in [3.8, 4) is 5.75 Å². The van der Waals surface area contributed by atoms with Crippen molar-refractivity contribution in [2.24, 2.45) is 0 Å². The van der Waals surface area contributed by atoms with Crippen LogP contribution < -0.4 is 14.8 Å². The molecule has 1 atom stereocenters. The number of carbonyl (C=O) groups is 1. The molecular weight excluding hydrogens is 385 g/mol. The molecule has 27 heavy (non-hydrogen) atoms. The fourth-order valence-electron chi connectivity index (χ4n) is 2.13. The van der Waals surface area contributed by atoms with Gasteiger partial charge in [0.15, 0.2) is 6.10 Å². The number of hydrogen-bond acceptors (Lipinski definition) is 4. The maximum Gasteiger partial charge on any atom is 0.416 e. The van der Waals surface area contributed by atoms with Crippen LogP contribution in [0.4, 0.5) is 18.9 Å². The third-order valence-electron chi connectivity index (χ3n) is 3.50. The molecule has 0 aliphatic heterocycles. The molecule has 0 aromatic heterocycles. The molecular formula is C17H17F3N2O4S. The van der Waals surface area contributed by atoms with Crippen LogP contribution in [0.1, 0.15) is 12.5 Å². The highest BCUT2D eigenvalue weighted by Crippen LogP contribution is 2.31. The summed E-state index contributed by atoms with van der Waals surface area (Å²) in [5, 5.41) is 2.41. The quantitative estimate of drug-likeness (QED) is 0.778. The Balaban J connectivity index is 2.16. The third kappa shape index (κ3) is 5.36. The minimum absolute atomic E-state index is 0.167. The van der Waals surface area contributed by atoms with E-state index in [1.807, 2.05) is 0 Å². The molecule has 0 aliphatic rings. The lowest BCUT2D eigenvalue weighted by Crippen LogP contribution is -2.33. The Hall–Kier alpha value is -2.75. The number of benzene rings is 2. The Kier molecular flexibility index (Phi) is 5.99. The van der Waals surface area contributed by atoms with E-state index in [1.54, 1.807) is 0 Å². The number of sulfonamides is 1. The fourth-order valence-corrected chi connectivity index (χ4v) is 3.18. The first-order valence-corrected chi connectivity index (χ1v) is 9.19. The van der Waals surface area contributed by atoms with Gasteiger partial charge in [-0.2, -0.15) is 13.2 Å². The number of rotatable bonds is 6. The Morgan fingerprint density at radius 1 is 1.11 bits per heavy atom. The summed E-state index contributed by atoms with van der Waals surface area (Å²) < 4.78 is 70.4. The fraction of sp³-hybridized carbons (Fsp3) is 0.235. The van der Waals surface area contributed by atoms with Crippen molar-refractivity contribution in [2.75, 3.05) is 11.8 Å².